The fourth-order valence-electron chi connectivity index (χ4n) is 1.88. The van der Waals surface area contributed by atoms with E-state index in [1.807, 2.05) is 0 Å². The highest BCUT2D eigenvalue weighted by Gasteiger charge is 2.33. The second-order valence-electron chi connectivity index (χ2n) is 4.91. The highest BCUT2D eigenvalue weighted by atomic mass is 16.3. The fourth-order valence-corrected chi connectivity index (χ4v) is 1.88. The van der Waals surface area contributed by atoms with Crippen molar-refractivity contribution in [3.05, 3.63) is 43.2 Å². The molecule has 1 aromatic rings. The summed E-state index contributed by atoms with van der Waals surface area (Å²) in [6.07, 6.45) is 6.42. The van der Waals surface area contributed by atoms with Gasteiger partial charge < -0.3 is 14.6 Å². The molecule has 0 bridgehead atoms. The maximum absolute atomic E-state index is 12.1. The van der Waals surface area contributed by atoms with E-state index in [-0.39, 0.29) is 30.0 Å². The summed E-state index contributed by atoms with van der Waals surface area (Å²) in [7, 11) is 0. The zero-order valence-corrected chi connectivity index (χ0v) is 11.9. The monoisotopic (exact) mass is 289 g/mol. The molecule has 1 saturated carbocycles. The van der Waals surface area contributed by atoms with Gasteiger partial charge >= 0.3 is 0 Å². The van der Waals surface area contributed by atoms with Crippen molar-refractivity contribution in [2.75, 3.05) is 13.1 Å². The third-order valence-electron chi connectivity index (χ3n) is 3.11. The summed E-state index contributed by atoms with van der Waals surface area (Å²) < 4.78 is 5.27. The first-order valence-electron chi connectivity index (χ1n) is 6.89. The number of nitrogens with zero attached hydrogens (tertiary/aromatic N) is 2. The summed E-state index contributed by atoms with van der Waals surface area (Å²) in [5, 5.41) is 2.62. The molecular formula is C15H19N3O3. The average Bonchev–Trinajstić information content (AvgIpc) is 3.23. The molecule has 0 unspecified atom stereocenters. The molecule has 6 nitrogen and oxygen atoms in total. The van der Waals surface area contributed by atoms with Crippen LogP contribution in [-0.2, 0) is 11.3 Å². The molecule has 21 heavy (non-hydrogen) atoms. The Bertz CT molecular complexity index is 546. The topological polar surface area (TPSA) is 75.4 Å². The number of carbonyl (C=O) groups excluding carboxylic acids is 2. The van der Waals surface area contributed by atoms with Crippen molar-refractivity contribution < 1.29 is 14.0 Å². The molecule has 1 aliphatic carbocycles. The number of amides is 2. The Balaban J connectivity index is 1.98. The van der Waals surface area contributed by atoms with E-state index in [1.165, 1.54) is 6.26 Å². The van der Waals surface area contributed by atoms with E-state index in [4.69, 9.17) is 4.42 Å². The summed E-state index contributed by atoms with van der Waals surface area (Å²) in [5.74, 6) is 0.226. The number of hydrogen-bond acceptors (Lipinski definition) is 4. The van der Waals surface area contributed by atoms with Crippen molar-refractivity contribution in [2.24, 2.45) is 5.92 Å². The van der Waals surface area contributed by atoms with Gasteiger partial charge in [-0.05, 0) is 12.8 Å². The average molecular weight is 289 g/mol. The number of hydrogen-bond donors (Lipinski definition) is 1. The van der Waals surface area contributed by atoms with Gasteiger partial charge in [-0.25, -0.2) is 4.98 Å². The van der Waals surface area contributed by atoms with Crippen LogP contribution in [0.15, 0.2) is 36.0 Å². The molecule has 1 aromatic heterocycles. The van der Waals surface area contributed by atoms with Gasteiger partial charge in [0.15, 0.2) is 5.69 Å². The summed E-state index contributed by atoms with van der Waals surface area (Å²) in [6, 6.07) is 0. The van der Waals surface area contributed by atoms with Crippen molar-refractivity contribution in [3.63, 3.8) is 0 Å². The molecule has 1 fully saturated rings. The Morgan fingerprint density at radius 3 is 2.81 bits per heavy atom. The SMILES string of the molecule is C=CCNC(=O)c1coc(CN(CC=C)C(=O)C2CC2)n1. The maximum atomic E-state index is 12.1. The van der Waals surface area contributed by atoms with Gasteiger partial charge in [-0.3, -0.25) is 9.59 Å². The van der Waals surface area contributed by atoms with E-state index in [1.54, 1.807) is 17.1 Å². The van der Waals surface area contributed by atoms with Gasteiger partial charge in [-0.1, -0.05) is 12.2 Å². The van der Waals surface area contributed by atoms with Crippen LogP contribution in [0.1, 0.15) is 29.2 Å². The molecule has 0 atom stereocenters. The van der Waals surface area contributed by atoms with Gasteiger partial charge in [0.05, 0.1) is 6.54 Å². The minimum atomic E-state index is -0.325. The molecular weight excluding hydrogens is 270 g/mol. The Kier molecular flexibility index (Phi) is 4.92. The van der Waals surface area contributed by atoms with Crippen molar-refractivity contribution in [1.82, 2.24) is 15.2 Å². The van der Waals surface area contributed by atoms with E-state index < -0.39 is 0 Å². The van der Waals surface area contributed by atoms with Crippen LogP contribution in [0.2, 0.25) is 0 Å². The molecule has 1 N–H and O–H groups in total. The van der Waals surface area contributed by atoms with E-state index in [9.17, 15) is 9.59 Å². The van der Waals surface area contributed by atoms with Crippen molar-refractivity contribution in [2.45, 2.75) is 19.4 Å². The van der Waals surface area contributed by atoms with Gasteiger partial charge in [0.1, 0.15) is 6.26 Å². The van der Waals surface area contributed by atoms with E-state index >= 15 is 0 Å². The van der Waals surface area contributed by atoms with Gasteiger partial charge in [-0.2, -0.15) is 0 Å². The lowest BCUT2D eigenvalue weighted by molar-refractivity contribution is -0.132. The molecule has 112 valence electrons. The third kappa shape index (κ3) is 4.05. The molecule has 0 saturated heterocycles. The van der Waals surface area contributed by atoms with Crippen molar-refractivity contribution in [3.8, 4) is 0 Å². The first kappa shape index (κ1) is 15.0. The van der Waals surface area contributed by atoms with Crippen LogP contribution in [0.4, 0.5) is 0 Å². The van der Waals surface area contributed by atoms with Crippen LogP contribution in [-0.4, -0.2) is 34.8 Å². The van der Waals surface area contributed by atoms with Crippen LogP contribution >= 0.6 is 0 Å². The minimum absolute atomic E-state index is 0.0887. The van der Waals surface area contributed by atoms with Crippen molar-refractivity contribution >= 4 is 11.8 Å². The van der Waals surface area contributed by atoms with Crippen LogP contribution in [0.25, 0.3) is 0 Å². The molecule has 0 radical (unpaired) electrons. The normalized spacial score (nSPS) is 13.5. The van der Waals surface area contributed by atoms with Gasteiger partial charge in [-0.15, -0.1) is 13.2 Å². The van der Waals surface area contributed by atoms with Crippen LogP contribution in [0.5, 0.6) is 0 Å². The lowest BCUT2D eigenvalue weighted by Crippen LogP contribution is -2.32. The van der Waals surface area contributed by atoms with Crippen LogP contribution < -0.4 is 5.32 Å². The highest BCUT2D eigenvalue weighted by molar-refractivity contribution is 5.92. The summed E-state index contributed by atoms with van der Waals surface area (Å²) in [5.41, 5.74) is 0.198. The zero-order chi connectivity index (χ0) is 15.2. The molecule has 2 rings (SSSR count). The molecule has 1 aliphatic rings. The quantitative estimate of drug-likeness (QED) is 0.736. The highest BCUT2D eigenvalue weighted by Crippen LogP contribution is 2.31. The van der Waals surface area contributed by atoms with Gasteiger partial charge in [0.25, 0.3) is 5.91 Å². The molecule has 2 amide bonds. The molecule has 0 aliphatic heterocycles. The second kappa shape index (κ2) is 6.88. The van der Waals surface area contributed by atoms with Crippen LogP contribution in [0.3, 0.4) is 0 Å². The predicted octanol–water partition coefficient (Wildman–Crippen LogP) is 1.51. The standard InChI is InChI=1S/C15H19N3O3/c1-3-7-16-14(19)12-10-21-13(17-12)9-18(8-4-2)15(20)11-5-6-11/h3-4,10-11H,1-2,5-9H2,(H,16,19). The predicted molar refractivity (Wildman–Crippen MR) is 77.4 cm³/mol. The van der Waals surface area contributed by atoms with Crippen LogP contribution in [0, 0.1) is 5.92 Å². The molecule has 0 spiro atoms. The maximum Gasteiger partial charge on any atom is 0.273 e. The Morgan fingerprint density at radius 2 is 2.19 bits per heavy atom. The number of rotatable bonds is 8. The number of nitrogens with one attached hydrogen (secondary N) is 1. The minimum Gasteiger partial charge on any atom is -0.446 e. The number of oxazole rings is 1. The summed E-state index contributed by atoms with van der Waals surface area (Å²) in [4.78, 5) is 29.5. The molecule has 0 aromatic carbocycles. The van der Waals surface area contributed by atoms with Gasteiger partial charge in [0.2, 0.25) is 11.8 Å². The second-order valence-corrected chi connectivity index (χ2v) is 4.91. The Morgan fingerprint density at radius 1 is 1.43 bits per heavy atom. The molecule has 1 heterocycles. The fraction of sp³-hybridized carbons (Fsp3) is 0.400. The first-order valence-corrected chi connectivity index (χ1v) is 6.89. The first-order chi connectivity index (χ1) is 10.2. The van der Waals surface area contributed by atoms with E-state index in [2.05, 4.69) is 23.5 Å². The summed E-state index contributed by atoms with van der Waals surface area (Å²) >= 11 is 0. The van der Waals surface area contributed by atoms with Crippen molar-refractivity contribution in [1.29, 1.82) is 0 Å². The lowest BCUT2D eigenvalue weighted by Gasteiger charge is -2.18. The Hall–Kier alpha value is -2.37. The van der Waals surface area contributed by atoms with E-state index in [0.717, 1.165) is 12.8 Å². The third-order valence-corrected chi connectivity index (χ3v) is 3.11. The lowest BCUT2D eigenvalue weighted by atomic mass is 10.3. The smallest absolute Gasteiger partial charge is 0.273 e. The zero-order valence-electron chi connectivity index (χ0n) is 11.9. The number of aromatic nitrogens is 1. The van der Waals surface area contributed by atoms with Gasteiger partial charge in [0, 0.05) is 19.0 Å². The molecule has 6 heteroatoms. The Labute approximate surface area is 123 Å². The summed E-state index contributed by atoms with van der Waals surface area (Å²) in [6.45, 7) is 8.23. The number of carbonyl (C=O) groups is 2. The van der Waals surface area contributed by atoms with E-state index in [0.29, 0.717) is 19.0 Å². The largest absolute Gasteiger partial charge is 0.446 e.